The number of hydrogen-bond donors (Lipinski definition) is 3. The van der Waals surface area contributed by atoms with Gasteiger partial charge in [0.15, 0.2) is 11.3 Å². The van der Waals surface area contributed by atoms with Crippen LogP contribution in [0.2, 0.25) is 0 Å². The molecule has 2 rings (SSSR count). The summed E-state index contributed by atoms with van der Waals surface area (Å²) in [4.78, 5) is 24.9. The number of carboxylic acids is 1. The summed E-state index contributed by atoms with van der Waals surface area (Å²) in [6.45, 7) is 0.279. The lowest BCUT2D eigenvalue weighted by Gasteiger charge is -2.28. The van der Waals surface area contributed by atoms with E-state index in [1.54, 1.807) is 24.3 Å². The zero-order chi connectivity index (χ0) is 17.6. The maximum Gasteiger partial charge on any atom is 0.331 e. The lowest BCUT2D eigenvalue weighted by atomic mass is 9.77. The zero-order valence-corrected chi connectivity index (χ0v) is 13.4. The summed E-state index contributed by atoms with van der Waals surface area (Å²) in [6.07, 6.45) is 0.374. The molecule has 0 fully saturated rings. The minimum atomic E-state index is -1.96. The van der Waals surface area contributed by atoms with Crippen molar-refractivity contribution in [2.24, 2.45) is 11.5 Å². The summed E-state index contributed by atoms with van der Waals surface area (Å²) in [5.41, 5.74) is 11.0. The van der Waals surface area contributed by atoms with Crippen molar-refractivity contribution in [2.45, 2.75) is 24.3 Å². The molecule has 0 saturated heterocycles. The van der Waals surface area contributed by atoms with Gasteiger partial charge >= 0.3 is 5.97 Å². The first-order valence-corrected chi connectivity index (χ1v) is 7.87. The van der Waals surface area contributed by atoms with E-state index in [1.165, 1.54) is 0 Å². The Morgan fingerprint density at radius 1 is 0.958 bits per heavy atom. The smallest absolute Gasteiger partial charge is 0.331 e. The molecule has 0 radical (unpaired) electrons. The van der Waals surface area contributed by atoms with E-state index in [-0.39, 0.29) is 13.0 Å². The molecule has 0 unspecified atom stereocenters. The number of Topliss-reactive ketones (excluding diaryl/α,β-unsaturated/α-hetero) is 1. The first-order chi connectivity index (χ1) is 11.5. The van der Waals surface area contributed by atoms with Crippen LogP contribution in [0.15, 0.2) is 60.7 Å². The molecule has 0 heterocycles. The van der Waals surface area contributed by atoms with E-state index in [9.17, 15) is 14.7 Å². The van der Waals surface area contributed by atoms with Crippen LogP contribution in [0.25, 0.3) is 0 Å². The number of benzene rings is 2. The maximum atomic E-state index is 13.2. The van der Waals surface area contributed by atoms with Crippen molar-refractivity contribution >= 4 is 11.8 Å². The molecule has 0 amide bonds. The zero-order valence-electron chi connectivity index (χ0n) is 13.4. The van der Waals surface area contributed by atoms with Gasteiger partial charge in [-0.05, 0) is 30.5 Å². The van der Waals surface area contributed by atoms with Gasteiger partial charge in [-0.15, -0.1) is 0 Å². The van der Waals surface area contributed by atoms with Crippen molar-refractivity contribution in [2.75, 3.05) is 6.54 Å². The lowest BCUT2D eigenvalue weighted by Crippen LogP contribution is -2.57. The van der Waals surface area contributed by atoms with Crippen LogP contribution < -0.4 is 11.5 Å². The second-order valence-electron chi connectivity index (χ2n) is 5.79. The third kappa shape index (κ3) is 3.69. The van der Waals surface area contributed by atoms with E-state index in [0.29, 0.717) is 6.42 Å². The van der Waals surface area contributed by atoms with Crippen molar-refractivity contribution in [1.29, 1.82) is 0 Å². The van der Waals surface area contributed by atoms with Crippen LogP contribution in [-0.4, -0.2) is 28.9 Å². The highest BCUT2D eigenvalue weighted by molar-refractivity contribution is 6.11. The Balaban J connectivity index is 2.50. The highest BCUT2D eigenvalue weighted by Gasteiger charge is 2.45. The third-order valence-electron chi connectivity index (χ3n) is 4.12. The molecule has 0 aliphatic carbocycles. The molecule has 126 valence electrons. The molecule has 0 saturated carbocycles. The Kier molecular flexibility index (Phi) is 5.84. The largest absolute Gasteiger partial charge is 0.480 e. The van der Waals surface area contributed by atoms with E-state index in [2.05, 4.69) is 0 Å². The standard InChI is InChI=1S/C19H22N2O3/c20-13-7-12-19(21,18(23)24)17(22)16(14-8-3-1-4-9-14)15-10-5-2-6-11-15/h1-6,8-11,16H,7,12-13,20-21H2,(H,23,24)/t19-/m1/s1. The van der Waals surface area contributed by atoms with Crippen LogP contribution >= 0.6 is 0 Å². The summed E-state index contributed by atoms with van der Waals surface area (Å²) >= 11 is 0. The van der Waals surface area contributed by atoms with Crippen LogP contribution in [-0.2, 0) is 9.59 Å². The van der Waals surface area contributed by atoms with Gasteiger partial charge in [-0.25, -0.2) is 4.79 Å². The molecule has 0 bridgehead atoms. The molecule has 5 N–H and O–H groups in total. The number of hydrogen-bond acceptors (Lipinski definition) is 4. The summed E-state index contributed by atoms with van der Waals surface area (Å²) in [7, 11) is 0. The van der Waals surface area contributed by atoms with Gasteiger partial charge in [0.25, 0.3) is 0 Å². The first-order valence-electron chi connectivity index (χ1n) is 7.87. The van der Waals surface area contributed by atoms with Gasteiger partial charge < -0.3 is 16.6 Å². The quantitative estimate of drug-likeness (QED) is 0.642. The Morgan fingerprint density at radius 3 is 1.79 bits per heavy atom. The molecule has 2 aromatic rings. The average molecular weight is 326 g/mol. The van der Waals surface area contributed by atoms with Crippen LogP contribution in [0, 0.1) is 0 Å². The monoisotopic (exact) mass is 326 g/mol. The Hall–Kier alpha value is -2.50. The van der Waals surface area contributed by atoms with Gasteiger partial charge in [-0.2, -0.15) is 0 Å². The minimum Gasteiger partial charge on any atom is -0.480 e. The van der Waals surface area contributed by atoms with Crippen LogP contribution in [0.1, 0.15) is 29.9 Å². The van der Waals surface area contributed by atoms with Crippen molar-refractivity contribution < 1.29 is 14.7 Å². The maximum absolute atomic E-state index is 13.2. The van der Waals surface area contributed by atoms with Crippen molar-refractivity contribution in [1.82, 2.24) is 0 Å². The van der Waals surface area contributed by atoms with Gasteiger partial charge in [0.05, 0.1) is 5.92 Å². The van der Waals surface area contributed by atoms with Gasteiger partial charge in [0, 0.05) is 0 Å². The number of nitrogens with two attached hydrogens (primary N) is 2. The van der Waals surface area contributed by atoms with Gasteiger partial charge in [-0.3, -0.25) is 4.79 Å². The molecule has 0 aliphatic rings. The number of aliphatic carboxylic acids is 1. The molecule has 5 nitrogen and oxygen atoms in total. The predicted octanol–water partition coefficient (Wildman–Crippen LogP) is 1.91. The predicted molar refractivity (Wildman–Crippen MR) is 92.6 cm³/mol. The molecule has 0 spiro atoms. The van der Waals surface area contributed by atoms with E-state index in [4.69, 9.17) is 11.5 Å². The Labute approximate surface area is 141 Å². The van der Waals surface area contributed by atoms with Gasteiger partial charge in [-0.1, -0.05) is 60.7 Å². The van der Waals surface area contributed by atoms with Gasteiger partial charge in [0.1, 0.15) is 0 Å². The number of rotatable bonds is 8. The topological polar surface area (TPSA) is 106 Å². The summed E-state index contributed by atoms with van der Waals surface area (Å²) in [5, 5.41) is 9.59. The number of carbonyl (C=O) groups excluding carboxylic acids is 1. The molecule has 5 heteroatoms. The molecule has 0 aliphatic heterocycles. The van der Waals surface area contributed by atoms with Crippen molar-refractivity contribution in [3.63, 3.8) is 0 Å². The minimum absolute atomic E-state index is 0.00777. The van der Waals surface area contributed by atoms with Crippen LogP contribution in [0.5, 0.6) is 0 Å². The summed E-state index contributed by atoms with van der Waals surface area (Å²) in [5.74, 6) is -2.58. The first kappa shape index (κ1) is 17.8. The van der Waals surface area contributed by atoms with Crippen molar-refractivity contribution in [3.8, 4) is 0 Å². The normalized spacial score (nSPS) is 13.5. The molecular weight excluding hydrogens is 304 g/mol. The van der Waals surface area contributed by atoms with E-state index in [0.717, 1.165) is 11.1 Å². The fraction of sp³-hybridized carbons (Fsp3) is 0.263. The molecular formula is C19H22N2O3. The molecule has 24 heavy (non-hydrogen) atoms. The van der Waals surface area contributed by atoms with E-state index < -0.39 is 23.2 Å². The average Bonchev–Trinajstić information content (AvgIpc) is 2.61. The molecule has 2 aromatic carbocycles. The lowest BCUT2D eigenvalue weighted by molar-refractivity contribution is -0.148. The number of carbonyl (C=O) groups is 2. The highest BCUT2D eigenvalue weighted by atomic mass is 16.4. The fourth-order valence-corrected chi connectivity index (χ4v) is 2.76. The Morgan fingerprint density at radius 2 is 1.42 bits per heavy atom. The third-order valence-corrected chi connectivity index (χ3v) is 4.12. The molecule has 1 atom stereocenters. The SMILES string of the molecule is NCCC[C@](N)(C(=O)O)C(=O)C(c1ccccc1)c1ccccc1. The molecule has 0 aromatic heterocycles. The van der Waals surface area contributed by atoms with Crippen LogP contribution in [0.3, 0.4) is 0 Å². The fourth-order valence-electron chi connectivity index (χ4n) is 2.76. The van der Waals surface area contributed by atoms with E-state index >= 15 is 0 Å². The number of carboxylic acid groups (broad SMARTS) is 1. The second-order valence-corrected chi connectivity index (χ2v) is 5.79. The van der Waals surface area contributed by atoms with Crippen molar-refractivity contribution in [3.05, 3.63) is 71.8 Å². The second kappa shape index (κ2) is 7.86. The van der Waals surface area contributed by atoms with Crippen LogP contribution in [0.4, 0.5) is 0 Å². The summed E-state index contributed by atoms with van der Waals surface area (Å²) in [6, 6.07) is 18.2. The van der Waals surface area contributed by atoms with E-state index in [1.807, 2.05) is 36.4 Å². The number of ketones is 1. The Bertz CT molecular complexity index is 649. The summed E-state index contributed by atoms with van der Waals surface area (Å²) < 4.78 is 0. The highest BCUT2D eigenvalue weighted by Crippen LogP contribution is 2.30. The van der Waals surface area contributed by atoms with Gasteiger partial charge in [0.2, 0.25) is 0 Å².